The zero-order valence-corrected chi connectivity index (χ0v) is 23.8. The molecule has 2 amide bonds. The highest BCUT2D eigenvalue weighted by molar-refractivity contribution is 5.88. The Kier molecular flexibility index (Phi) is 23.6. The number of primary amides is 1. The summed E-state index contributed by atoms with van der Waals surface area (Å²) in [4.78, 5) is 45.6. The fourth-order valence-corrected chi connectivity index (χ4v) is 4.31. The van der Waals surface area contributed by atoms with Crippen molar-refractivity contribution in [1.29, 1.82) is 0 Å². The molecular formula is C30H54N2O6. The minimum absolute atomic E-state index is 0.0473. The standard InChI is InChI=1S/C30H54N2O6/c1-25(27(34)23-26(24-33)30(31)38)19-15-14-18-22-32-28(35)20-16-12-10-8-6-4-2-3-5-7-9-11-13-17-21-29(36)37/h15,19,25-26,33H,2-14,16-18,20-24H2,1H3,(H2,31,38)(H,32,35)(H,36,37)/t25?,26-/m0/s1. The van der Waals surface area contributed by atoms with E-state index in [2.05, 4.69) is 5.32 Å². The number of aliphatic carboxylic acids is 1. The summed E-state index contributed by atoms with van der Waals surface area (Å²) in [6, 6.07) is 0. The van der Waals surface area contributed by atoms with Crippen LogP contribution in [-0.4, -0.2) is 46.9 Å². The number of amides is 2. The lowest BCUT2D eigenvalue weighted by atomic mass is 9.95. The number of aliphatic hydroxyl groups excluding tert-OH is 1. The first kappa shape index (κ1) is 35.8. The Bertz CT molecular complexity index is 680. The van der Waals surface area contributed by atoms with Gasteiger partial charge in [-0.15, -0.1) is 0 Å². The number of nitrogens with two attached hydrogens (primary N) is 1. The number of ketones is 1. The molecular weight excluding hydrogens is 484 g/mol. The van der Waals surface area contributed by atoms with E-state index in [-0.39, 0.29) is 24.0 Å². The fraction of sp³-hybridized carbons (Fsp3) is 0.800. The molecule has 38 heavy (non-hydrogen) atoms. The molecule has 0 aliphatic carbocycles. The quantitative estimate of drug-likeness (QED) is 0.0807. The summed E-state index contributed by atoms with van der Waals surface area (Å²) in [5.74, 6) is -2.53. The van der Waals surface area contributed by atoms with Crippen LogP contribution in [-0.2, 0) is 19.2 Å². The van der Waals surface area contributed by atoms with Crippen LogP contribution in [0.2, 0.25) is 0 Å². The number of carbonyl (C=O) groups excluding carboxylic acids is 3. The first-order valence-corrected chi connectivity index (χ1v) is 14.9. The SMILES string of the molecule is CC(C=CCCCNC(=O)CCCCCCCCCCCCCCCCC(=O)O)C(=O)C[C@@H](CO)C(N)=O. The van der Waals surface area contributed by atoms with Crippen LogP contribution in [0.25, 0.3) is 0 Å². The van der Waals surface area contributed by atoms with Gasteiger partial charge in [-0.1, -0.05) is 96.1 Å². The summed E-state index contributed by atoms with van der Waals surface area (Å²) in [6.07, 6.45) is 22.5. The molecule has 0 aliphatic heterocycles. The van der Waals surface area contributed by atoms with Crippen LogP contribution in [0.1, 0.15) is 129 Å². The minimum atomic E-state index is -0.824. The number of allylic oxidation sites excluding steroid dienone is 2. The summed E-state index contributed by atoms with van der Waals surface area (Å²) in [7, 11) is 0. The van der Waals surface area contributed by atoms with Gasteiger partial charge in [-0.3, -0.25) is 19.2 Å². The average Bonchev–Trinajstić information content (AvgIpc) is 2.88. The Morgan fingerprint density at radius 2 is 1.24 bits per heavy atom. The molecule has 0 spiro atoms. The Hall–Kier alpha value is -2.22. The second-order valence-electron chi connectivity index (χ2n) is 10.5. The third kappa shape index (κ3) is 22.9. The van der Waals surface area contributed by atoms with Gasteiger partial charge in [-0.25, -0.2) is 0 Å². The predicted molar refractivity (Wildman–Crippen MR) is 151 cm³/mol. The maximum absolute atomic E-state index is 12.1. The largest absolute Gasteiger partial charge is 0.481 e. The van der Waals surface area contributed by atoms with Gasteiger partial charge in [-0.2, -0.15) is 0 Å². The van der Waals surface area contributed by atoms with E-state index >= 15 is 0 Å². The third-order valence-corrected chi connectivity index (χ3v) is 6.92. The summed E-state index contributed by atoms with van der Waals surface area (Å²) in [6.45, 7) is 1.96. The van der Waals surface area contributed by atoms with Crippen LogP contribution in [0.15, 0.2) is 12.2 Å². The Morgan fingerprint density at radius 1 is 0.763 bits per heavy atom. The topological polar surface area (TPSA) is 147 Å². The van der Waals surface area contributed by atoms with Crippen LogP contribution < -0.4 is 11.1 Å². The number of aliphatic hydroxyl groups is 1. The number of carboxylic acid groups (broad SMARTS) is 1. The van der Waals surface area contributed by atoms with Crippen LogP contribution in [0.3, 0.4) is 0 Å². The predicted octanol–water partition coefficient (Wildman–Crippen LogP) is 5.45. The maximum atomic E-state index is 12.1. The average molecular weight is 539 g/mol. The zero-order valence-electron chi connectivity index (χ0n) is 23.8. The monoisotopic (exact) mass is 538 g/mol. The molecule has 2 atom stereocenters. The van der Waals surface area contributed by atoms with E-state index in [1.807, 2.05) is 6.08 Å². The van der Waals surface area contributed by atoms with Gasteiger partial charge in [0.2, 0.25) is 11.8 Å². The van der Waals surface area contributed by atoms with Crippen molar-refractivity contribution in [3.63, 3.8) is 0 Å². The highest BCUT2D eigenvalue weighted by Crippen LogP contribution is 2.14. The molecule has 8 nitrogen and oxygen atoms in total. The smallest absolute Gasteiger partial charge is 0.303 e. The Balaban J connectivity index is 3.49. The second kappa shape index (κ2) is 25.1. The lowest BCUT2D eigenvalue weighted by molar-refractivity contribution is -0.137. The van der Waals surface area contributed by atoms with Crippen molar-refractivity contribution in [3.8, 4) is 0 Å². The van der Waals surface area contributed by atoms with Gasteiger partial charge in [0.25, 0.3) is 0 Å². The first-order chi connectivity index (χ1) is 18.3. The minimum Gasteiger partial charge on any atom is -0.481 e. The Morgan fingerprint density at radius 3 is 1.68 bits per heavy atom. The molecule has 0 heterocycles. The van der Waals surface area contributed by atoms with Crippen LogP contribution in [0.4, 0.5) is 0 Å². The summed E-state index contributed by atoms with van der Waals surface area (Å²) in [5, 5.41) is 20.7. The van der Waals surface area contributed by atoms with Gasteiger partial charge in [0.1, 0.15) is 5.78 Å². The third-order valence-electron chi connectivity index (χ3n) is 6.92. The van der Waals surface area contributed by atoms with Gasteiger partial charge in [-0.05, 0) is 25.7 Å². The number of nitrogens with one attached hydrogen (secondary N) is 1. The molecule has 0 saturated heterocycles. The molecule has 220 valence electrons. The van der Waals surface area contributed by atoms with Crippen molar-refractivity contribution in [2.24, 2.45) is 17.6 Å². The number of hydrogen-bond acceptors (Lipinski definition) is 5. The van der Waals surface area contributed by atoms with Crippen molar-refractivity contribution in [2.45, 2.75) is 129 Å². The number of carbonyl (C=O) groups is 4. The van der Waals surface area contributed by atoms with Crippen LogP contribution in [0.5, 0.6) is 0 Å². The molecule has 8 heteroatoms. The highest BCUT2D eigenvalue weighted by Gasteiger charge is 2.20. The Labute approximate surface area is 230 Å². The van der Waals surface area contributed by atoms with Gasteiger partial charge < -0.3 is 21.3 Å². The van der Waals surface area contributed by atoms with Gasteiger partial charge in [0.15, 0.2) is 0 Å². The van der Waals surface area contributed by atoms with E-state index in [9.17, 15) is 19.2 Å². The summed E-state index contributed by atoms with van der Waals surface area (Å²) >= 11 is 0. The van der Waals surface area contributed by atoms with Crippen molar-refractivity contribution in [2.75, 3.05) is 13.2 Å². The number of hydrogen-bond donors (Lipinski definition) is 4. The second-order valence-corrected chi connectivity index (χ2v) is 10.5. The van der Waals surface area contributed by atoms with Gasteiger partial charge in [0.05, 0.1) is 12.5 Å². The molecule has 0 aromatic rings. The van der Waals surface area contributed by atoms with Crippen molar-refractivity contribution < 1.29 is 29.4 Å². The molecule has 0 saturated carbocycles. The lowest BCUT2D eigenvalue weighted by Crippen LogP contribution is -2.29. The number of Topliss-reactive ketones (excluding diaryl/α,β-unsaturated/α-hetero) is 1. The highest BCUT2D eigenvalue weighted by atomic mass is 16.4. The van der Waals surface area contributed by atoms with E-state index < -0.39 is 24.4 Å². The van der Waals surface area contributed by atoms with Crippen LogP contribution in [0, 0.1) is 11.8 Å². The van der Waals surface area contributed by atoms with Crippen molar-refractivity contribution >= 4 is 23.6 Å². The molecule has 5 N–H and O–H groups in total. The lowest BCUT2D eigenvalue weighted by Gasteiger charge is -2.11. The van der Waals surface area contributed by atoms with E-state index in [0.717, 1.165) is 44.9 Å². The zero-order chi connectivity index (χ0) is 28.4. The molecule has 0 rings (SSSR count). The molecule has 0 aliphatic rings. The number of carboxylic acids is 1. The van der Waals surface area contributed by atoms with Crippen molar-refractivity contribution in [3.05, 3.63) is 12.2 Å². The molecule has 0 fully saturated rings. The van der Waals surface area contributed by atoms with Gasteiger partial charge >= 0.3 is 5.97 Å². The first-order valence-electron chi connectivity index (χ1n) is 14.9. The molecule has 0 aromatic heterocycles. The molecule has 0 aromatic carbocycles. The van der Waals surface area contributed by atoms with E-state index in [1.54, 1.807) is 13.0 Å². The molecule has 1 unspecified atom stereocenters. The molecule has 0 bridgehead atoms. The summed E-state index contributed by atoms with van der Waals surface area (Å²) in [5.41, 5.74) is 5.16. The number of unbranched alkanes of at least 4 members (excludes halogenated alkanes) is 14. The fourth-order valence-electron chi connectivity index (χ4n) is 4.31. The maximum Gasteiger partial charge on any atom is 0.303 e. The van der Waals surface area contributed by atoms with Crippen molar-refractivity contribution in [1.82, 2.24) is 5.32 Å². The van der Waals surface area contributed by atoms with Crippen LogP contribution >= 0.6 is 0 Å². The van der Waals surface area contributed by atoms with E-state index in [4.69, 9.17) is 15.9 Å². The number of rotatable bonds is 27. The summed E-state index contributed by atoms with van der Waals surface area (Å²) < 4.78 is 0. The van der Waals surface area contributed by atoms with E-state index in [0.29, 0.717) is 19.4 Å². The van der Waals surface area contributed by atoms with Gasteiger partial charge in [0, 0.05) is 31.7 Å². The van der Waals surface area contributed by atoms with E-state index in [1.165, 1.54) is 57.8 Å². The molecule has 0 radical (unpaired) electrons. The normalized spacial score (nSPS) is 12.9.